The van der Waals surface area contributed by atoms with Crippen LogP contribution < -0.4 is 10.6 Å². The van der Waals surface area contributed by atoms with Crippen molar-refractivity contribution < 1.29 is 0 Å². The Labute approximate surface area is 207 Å². The maximum atomic E-state index is 4.74. The van der Waals surface area contributed by atoms with Gasteiger partial charge in [-0.25, -0.2) is 4.99 Å². The Morgan fingerprint density at radius 1 is 0.969 bits per heavy atom. The van der Waals surface area contributed by atoms with Gasteiger partial charge in [-0.05, 0) is 37.2 Å². The highest BCUT2D eigenvalue weighted by Crippen LogP contribution is 2.10. The first-order valence-electron chi connectivity index (χ1n) is 11.0. The number of guanidine groups is 1. The molecule has 3 heterocycles. The number of aromatic nitrogens is 3. The average molecular weight is 548 g/mol. The quantitative estimate of drug-likeness (QED) is 0.269. The number of benzene rings is 1. The number of pyridine rings is 1. The summed E-state index contributed by atoms with van der Waals surface area (Å²) in [6.07, 6.45) is 1.97. The van der Waals surface area contributed by atoms with E-state index < -0.39 is 0 Å². The number of nitrogens with zero attached hydrogens (tertiary/aromatic N) is 6. The molecule has 0 saturated carbocycles. The van der Waals surface area contributed by atoms with Crippen molar-refractivity contribution in [3.63, 3.8) is 0 Å². The van der Waals surface area contributed by atoms with Crippen LogP contribution in [0.25, 0.3) is 5.65 Å². The minimum absolute atomic E-state index is 0. The fourth-order valence-corrected chi connectivity index (χ4v) is 3.70. The zero-order chi connectivity index (χ0) is 21.5. The van der Waals surface area contributed by atoms with E-state index >= 15 is 0 Å². The lowest BCUT2D eigenvalue weighted by molar-refractivity contribution is 0.148. The van der Waals surface area contributed by atoms with E-state index in [1.807, 2.05) is 28.8 Å². The Bertz CT molecular complexity index is 993. The number of hydrogen-bond acceptors (Lipinski definition) is 5. The maximum absolute atomic E-state index is 4.74. The summed E-state index contributed by atoms with van der Waals surface area (Å²) in [5.74, 6) is 1.63. The molecule has 1 aromatic carbocycles. The molecule has 32 heavy (non-hydrogen) atoms. The van der Waals surface area contributed by atoms with Gasteiger partial charge in [0.15, 0.2) is 17.4 Å². The van der Waals surface area contributed by atoms with E-state index in [4.69, 9.17) is 4.99 Å². The van der Waals surface area contributed by atoms with Crippen LogP contribution in [-0.2, 0) is 19.6 Å². The van der Waals surface area contributed by atoms with Crippen molar-refractivity contribution in [2.45, 2.75) is 26.6 Å². The van der Waals surface area contributed by atoms with Crippen molar-refractivity contribution in [3.8, 4) is 0 Å². The largest absolute Gasteiger partial charge is 0.357 e. The van der Waals surface area contributed by atoms with Gasteiger partial charge in [-0.3, -0.25) is 9.30 Å². The van der Waals surface area contributed by atoms with E-state index in [1.54, 1.807) is 0 Å². The van der Waals surface area contributed by atoms with Gasteiger partial charge in [-0.15, -0.1) is 34.2 Å². The molecule has 0 radical (unpaired) electrons. The van der Waals surface area contributed by atoms with Gasteiger partial charge in [0.05, 0.1) is 13.1 Å². The van der Waals surface area contributed by atoms with Gasteiger partial charge in [-0.2, -0.15) is 0 Å². The van der Waals surface area contributed by atoms with Gasteiger partial charge in [0.2, 0.25) is 0 Å². The molecule has 172 valence electrons. The number of nitrogens with one attached hydrogen (secondary N) is 2. The molecule has 0 spiro atoms. The normalized spacial score (nSPS) is 15.5. The molecule has 4 rings (SSSR count). The van der Waals surface area contributed by atoms with Crippen molar-refractivity contribution >= 4 is 35.6 Å². The summed E-state index contributed by atoms with van der Waals surface area (Å²) in [5.41, 5.74) is 3.41. The van der Waals surface area contributed by atoms with Crippen molar-refractivity contribution in [3.05, 3.63) is 65.6 Å². The van der Waals surface area contributed by atoms with Crippen LogP contribution in [0.5, 0.6) is 0 Å². The molecule has 3 aromatic rings. The molecular weight excluding hydrogens is 515 g/mol. The fraction of sp³-hybridized carbons (Fsp3) is 0.435. The second kappa shape index (κ2) is 12.1. The molecule has 1 fully saturated rings. The lowest BCUT2D eigenvalue weighted by atomic mass is 10.1. The maximum Gasteiger partial charge on any atom is 0.191 e. The second-order valence-corrected chi connectivity index (χ2v) is 7.99. The van der Waals surface area contributed by atoms with Crippen LogP contribution in [0.2, 0.25) is 0 Å². The summed E-state index contributed by atoms with van der Waals surface area (Å²) in [6.45, 7) is 9.66. The predicted molar refractivity (Wildman–Crippen MR) is 139 cm³/mol. The first kappa shape index (κ1) is 24.4. The smallest absolute Gasteiger partial charge is 0.191 e. The Kier molecular flexibility index (Phi) is 9.24. The van der Waals surface area contributed by atoms with E-state index in [2.05, 4.69) is 68.9 Å². The van der Waals surface area contributed by atoms with Crippen LogP contribution in [0.3, 0.4) is 0 Å². The number of fused-ring (bicyclic) bond motifs is 1. The molecule has 1 aliphatic heterocycles. The topological polar surface area (TPSA) is 73.1 Å². The minimum Gasteiger partial charge on any atom is -0.357 e. The molecular formula is C23H33IN8. The molecule has 0 amide bonds. The molecule has 0 unspecified atom stereocenters. The van der Waals surface area contributed by atoms with E-state index in [0.29, 0.717) is 13.1 Å². The summed E-state index contributed by atoms with van der Waals surface area (Å²) >= 11 is 0. The average Bonchev–Trinajstić information content (AvgIpc) is 3.21. The number of rotatable bonds is 7. The Hall–Kier alpha value is -2.24. The molecule has 8 nitrogen and oxygen atoms in total. The van der Waals surface area contributed by atoms with Crippen molar-refractivity contribution in [1.29, 1.82) is 0 Å². The summed E-state index contributed by atoms with van der Waals surface area (Å²) in [5, 5.41) is 15.1. The predicted octanol–water partition coefficient (Wildman–Crippen LogP) is 2.35. The lowest BCUT2D eigenvalue weighted by Gasteiger charge is -2.32. The van der Waals surface area contributed by atoms with Crippen molar-refractivity contribution in [1.82, 2.24) is 35.0 Å². The van der Waals surface area contributed by atoms with Crippen LogP contribution in [0.1, 0.15) is 23.9 Å². The summed E-state index contributed by atoms with van der Waals surface area (Å²) < 4.78 is 1.98. The van der Waals surface area contributed by atoms with Gasteiger partial charge < -0.3 is 15.5 Å². The van der Waals surface area contributed by atoms with E-state index in [1.165, 1.54) is 11.1 Å². The third-order valence-electron chi connectivity index (χ3n) is 5.59. The fourth-order valence-electron chi connectivity index (χ4n) is 3.70. The molecule has 0 bridgehead atoms. The Balaban J connectivity index is 0.00000289. The van der Waals surface area contributed by atoms with Crippen LogP contribution in [0.15, 0.2) is 53.7 Å². The van der Waals surface area contributed by atoms with Gasteiger partial charge >= 0.3 is 0 Å². The van der Waals surface area contributed by atoms with Gasteiger partial charge in [-0.1, -0.05) is 30.3 Å². The number of halogens is 1. The highest BCUT2D eigenvalue weighted by atomic mass is 127. The zero-order valence-corrected chi connectivity index (χ0v) is 21.2. The molecule has 2 N–H and O–H groups in total. The third kappa shape index (κ3) is 6.63. The molecule has 0 atom stereocenters. The van der Waals surface area contributed by atoms with Gasteiger partial charge in [0.1, 0.15) is 0 Å². The first-order chi connectivity index (χ1) is 15.2. The lowest BCUT2D eigenvalue weighted by Crippen LogP contribution is -2.43. The third-order valence-corrected chi connectivity index (χ3v) is 5.59. The van der Waals surface area contributed by atoms with Crippen LogP contribution in [0, 0.1) is 0 Å². The highest BCUT2D eigenvalue weighted by molar-refractivity contribution is 14.0. The first-order valence-corrected chi connectivity index (χ1v) is 11.0. The van der Waals surface area contributed by atoms with Crippen molar-refractivity contribution in [2.75, 3.05) is 39.8 Å². The molecule has 1 aliphatic rings. The zero-order valence-electron chi connectivity index (χ0n) is 18.9. The van der Waals surface area contributed by atoms with E-state index in [9.17, 15) is 0 Å². The van der Waals surface area contributed by atoms with Crippen molar-refractivity contribution in [2.24, 2.45) is 4.99 Å². The minimum atomic E-state index is 0. The van der Waals surface area contributed by atoms with Gasteiger partial charge in [0.25, 0.3) is 0 Å². The monoisotopic (exact) mass is 548 g/mol. The SMILES string of the molecule is CCNC(=NCc1ccc(CN2CCN(C)CC2)cc1)NCc1nnc2ccccn12.I. The van der Waals surface area contributed by atoms with E-state index in [0.717, 1.165) is 56.7 Å². The number of aliphatic imine (C=N–C) groups is 1. The summed E-state index contributed by atoms with van der Waals surface area (Å²) in [7, 11) is 2.19. The number of likely N-dealkylation sites (N-methyl/N-ethyl adjacent to an activating group) is 1. The molecule has 9 heteroatoms. The van der Waals surface area contributed by atoms with Crippen LogP contribution in [0.4, 0.5) is 0 Å². The van der Waals surface area contributed by atoms with E-state index in [-0.39, 0.29) is 24.0 Å². The Morgan fingerprint density at radius 2 is 1.72 bits per heavy atom. The second-order valence-electron chi connectivity index (χ2n) is 7.99. The Morgan fingerprint density at radius 3 is 2.47 bits per heavy atom. The van der Waals surface area contributed by atoms with Crippen LogP contribution in [-0.4, -0.2) is 70.1 Å². The van der Waals surface area contributed by atoms with Crippen LogP contribution >= 0.6 is 24.0 Å². The molecule has 0 aliphatic carbocycles. The number of piperazine rings is 1. The summed E-state index contributed by atoms with van der Waals surface area (Å²) in [6, 6.07) is 14.7. The molecule has 2 aromatic heterocycles. The van der Waals surface area contributed by atoms with Gasteiger partial charge in [0, 0.05) is 45.5 Å². The molecule has 1 saturated heterocycles. The number of hydrogen-bond donors (Lipinski definition) is 2. The summed E-state index contributed by atoms with van der Waals surface area (Å²) in [4.78, 5) is 9.65. The standard InChI is InChI=1S/C23H32N8.HI/c1-3-24-23(26-17-22-28-27-21-6-4-5-11-31(21)22)25-16-19-7-9-20(10-8-19)18-30-14-12-29(2)13-15-30;/h4-11H,3,12-18H2,1-2H3,(H2,24,25,26);1H. The highest BCUT2D eigenvalue weighted by Gasteiger charge is 2.13.